The SMILES string of the molecule is Cc1cc(/C=C/C#N)cc(Oc2c(C(C)C)c(=O)[nH]c(=O)n2Cc2ccnc(C)c2)c1. The van der Waals surface area contributed by atoms with Crippen molar-refractivity contribution in [3.63, 3.8) is 0 Å². The van der Waals surface area contributed by atoms with Gasteiger partial charge in [-0.3, -0.25) is 19.3 Å². The van der Waals surface area contributed by atoms with E-state index in [1.807, 2.05) is 58.0 Å². The van der Waals surface area contributed by atoms with E-state index in [1.54, 1.807) is 18.3 Å². The molecule has 0 amide bonds. The number of pyridine rings is 1. The summed E-state index contributed by atoms with van der Waals surface area (Å²) in [7, 11) is 0. The van der Waals surface area contributed by atoms with Crippen LogP contribution in [-0.4, -0.2) is 14.5 Å². The van der Waals surface area contributed by atoms with Gasteiger partial charge in [-0.1, -0.05) is 19.9 Å². The summed E-state index contributed by atoms with van der Waals surface area (Å²) in [5.74, 6) is 0.510. The number of H-pyrrole nitrogens is 1. The fraction of sp³-hybridized carbons (Fsp3) is 0.250. The maximum atomic E-state index is 12.8. The number of rotatable bonds is 6. The van der Waals surface area contributed by atoms with Gasteiger partial charge in [0, 0.05) is 18.0 Å². The van der Waals surface area contributed by atoms with Crippen molar-refractivity contribution in [2.75, 3.05) is 0 Å². The van der Waals surface area contributed by atoms with E-state index in [9.17, 15) is 9.59 Å². The Balaban J connectivity index is 2.17. The molecular formula is C24H24N4O3. The summed E-state index contributed by atoms with van der Waals surface area (Å²) < 4.78 is 7.61. The average molecular weight is 416 g/mol. The Hall–Kier alpha value is -3.92. The molecule has 0 saturated carbocycles. The molecule has 158 valence electrons. The Morgan fingerprint density at radius 2 is 2.00 bits per heavy atom. The van der Waals surface area contributed by atoms with Crippen molar-refractivity contribution < 1.29 is 4.74 Å². The van der Waals surface area contributed by atoms with Crippen LogP contribution in [0.5, 0.6) is 11.6 Å². The van der Waals surface area contributed by atoms with Gasteiger partial charge in [-0.25, -0.2) is 4.79 Å². The summed E-state index contributed by atoms with van der Waals surface area (Å²) in [6, 6.07) is 11.2. The Bertz CT molecular complexity index is 1290. The molecule has 0 spiro atoms. The predicted molar refractivity (Wildman–Crippen MR) is 119 cm³/mol. The minimum absolute atomic E-state index is 0.174. The van der Waals surface area contributed by atoms with Gasteiger partial charge in [0.2, 0.25) is 5.88 Å². The summed E-state index contributed by atoms with van der Waals surface area (Å²) in [6.45, 7) is 7.76. The number of aryl methyl sites for hydroxylation is 2. The molecule has 0 radical (unpaired) electrons. The molecule has 1 N–H and O–H groups in total. The first-order chi connectivity index (χ1) is 14.8. The third kappa shape index (κ3) is 5.17. The van der Waals surface area contributed by atoms with Crippen LogP contribution in [0.15, 0.2) is 52.2 Å². The van der Waals surface area contributed by atoms with Crippen LogP contribution in [-0.2, 0) is 6.54 Å². The van der Waals surface area contributed by atoms with Crippen LogP contribution in [0.2, 0.25) is 0 Å². The molecule has 1 aromatic carbocycles. The molecule has 31 heavy (non-hydrogen) atoms. The highest BCUT2D eigenvalue weighted by Crippen LogP contribution is 2.29. The van der Waals surface area contributed by atoms with E-state index in [0.29, 0.717) is 11.3 Å². The van der Waals surface area contributed by atoms with Crippen LogP contribution in [0, 0.1) is 25.2 Å². The monoisotopic (exact) mass is 416 g/mol. The highest BCUT2D eigenvalue weighted by Gasteiger charge is 2.20. The first-order valence-electron chi connectivity index (χ1n) is 9.92. The van der Waals surface area contributed by atoms with E-state index >= 15 is 0 Å². The minimum Gasteiger partial charge on any atom is -0.440 e. The molecule has 0 saturated heterocycles. The van der Waals surface area contributed by atoms with Crippen LogP contribution in [0.1, 0.15) is 47.7 Å². The van der Waals surface area contributed by atoms with E-state index in [1.165, 1.54) is 10.6 Å². The summed E-state index contributed by atoms with van der Waals surface area (Å²) in [6.07, 6.45) is 4.74. The van der Waals surface area contributed by atoms with E-state index in [0.717, 1.165) is 22.4 Å². The number of nitrogens with one attached hydrogen (secondary N) is 1. The largest absolute Gasteiger partial charge is 0.440 e. The van der Waals surface area contributed by atoms with E-state index in [2.05, 4.69) is 9.97 Å². The number of aromatic nitrogens is 3. The number of nitrogens with zero attached hydrogens (tertiary/aromatic N) is 3. The van der Waals surface area contributed by atoms with Crippen molar-refractivity contribution in [1.82, 2.24) is 14.5 Å². The van der Waals surface area contributed by atoms with Gasteiger partial charge in [0.25, 0.3) is 5.56 Å². The third-order valence-electron chi connectivity index (χ3n) is 4.70. The molecule has 0 fully saturated rings. The molecule has 2 aromatic heterocycles. The molecule has 0 aliphatic heterocycles. The Kier molecular flexibility index (Phi) is 6.51. The predicted octanol–water partition coefficient (Wildman–Crippen LogP) is 4.05. The van der Waals surface area contributed by atoms with Crippen LogP contribution >= 0.6 is 0 Å². The van der Waals surface area contributed by atoms with Crippen molar-refractivity contribution >= 4 is 6.08 Å². The van der Waals surface area contributed by atoms with Crippen molar-refractivity contribution in [3.05, 3.63) is 91.4 Å². The lowest BCUT2D eigenvalue weighted by atomic mass is 10.1. The van der Waals surface area contributed by atoms with Gasteiger partial charge >= 0.3 is 5.69 Å². The molecule has 2 heterocycles. The first-order valence-corrected chi connectivity index (χ1v) is 9.92. The smallest absolute Gasteiger partial charge is 0.331 e. The molecule has 0 atom stereocenters. The molecule has 7 nitrogen and oxygen atoms in total. The second-order valence-corrected chi connectivity index (χ2v) is 7.67. The fourth-order valence-corrected chi connectivity index (χ4v) is 3.39. The van der Waals surface area contributed by atoms with Gasteiger partial charge in [0.15, 0.2) is 0 Å². The van der Waals surface area contributed by atoms with Crippen LogP contribution < -0.4 is 16.0 Å². The van der Waals surface area contributed by atoms with Gasteiger partial charge in [0.1, 0.15) is 5.75 Å². The number of hydrogen-bond donors (Lipinski definition) is 1. The Morgan fingerprint density at radius 1 is 1.23 bits per heavy atom. The molecule has 0 aliphatic carbocycles. The zero-order valence-corrected chi connectivity index (χ0v) is 18.0. The lowest BCUT2D eigenvalue weighted by molar-refractivity contribution is 0.410. The van der Waals surface area contributed by atoms with Crippen molar-refractivity contribution in [1.29, 1.82) is 5.26 Å². The number of ether oxygens (including phenoxy) is 1. The highest BCUT2D eigenvalue weighted by molar-refractivity contribution is 5.55. The molecule has 3 rings (SSSR count). The number of benzene rings is 1. The van der Waals surface area contributed by atoms with Crippen LogP contribution in [0.25, 0.3) is 6.08 Å². The standard InChI is InChI=1S/C24H24N4O3/c1-15(2)21-22(29)27-24(30)28(14-19-7-9-26-17(4)12-19)23(21)31-20-11-16(3)10-18(13-20)6-5-8-25/h5-7,9-13,15H,14H2,1-4H3,(H,27,29,30)/b6-5+. The summed E-state index contributed by atoms with van der Waals surface area (Å²) in [5.41, 5.74) is 2.78. The normalized spacial score (nSPS) is 11.1. The third-order valence-corrected chi connectivity index (χ3v) is 4.70. The van der Waals surface area contributed by atoms with Gasteiger partial charge in [0.05, 0.1) is 18.2 Å². The van der Waals surface area contributed by atoms with Crippen molar-refractivity contribution in [2.24, 2.45) is 0 Å². The fourth-order valence-electron chi connectivity index (χ4n) is 3.39. The maximum absolute atomic E-state index is 12.8. The number of allylic oxidation sites excluding steroid dienone is 1. The topological polar surface area (TPSA) is 101 Å². The zero-order valence-electron chi connectivity index (χ0n) is 18.0. The Morgan fingerprint density at radius 3 is 2.68 bits per heavy atom. The quantitative estimate of drug-likeness (QED) is 0.611. The Labute approximate surface area is 180 Å². The van der Waals surface area contributed by atoms with E-state index in [-0.39, 0.29) is 18.3 Å². The number of nitriles is 1. The van der Waals surface area contributed by atoms with Crippen molar-refractivity contribution in [2.45, 2.75) is 40.2 Å². The minimum atomic E-state index is -0.545. The molecular weight excluding hydrogens is 392 g/mol. The second-order valence-electron chi connectivity index (χ2n) is 7.67. The van der Waals surface area contributed by atoms with Gasteiger partial charge in [-0.05, 0) is 66.8 Å². The summed E-state index contributed by atoms with van der Waals surface area (Å²) >= 11 is 0. The summed E-state index contributed by atoms with van der Waals surface area (Å²) in [5, 5.41) is 8.81. The number of aromatic amines is 1. The highest BCUT2D eigenvalue weighted by atomic mass is 16.5. The lowest BCUT2D eigenvalue weighted by Crippen LogP contribution is -2.34. The van der Waals surface area contributed by atoms with E-state index < -0.39 is 11.2 Å². The zero-order chi connectivity index (χ0) is 22.5. The van der Waals surface area contributed by atoms with Crippen molar-refractivity contribution in [3.8, 4) is 17.7 Å². The number of hydrogen-bond acceptors (Lipinski definition) is 5. The average Bonchev–Trinajstić information content (AvgIpc) is 2.68. The summed E-state index contributed by atoms with van der Waals surface area (Å²) in [4.78, 5) is 32.0. The first kappa shape index (κ1) is 21.8. The van der Waals surface area contributed by atoms with Gasteiger partial charge < -0.3 is 4.74 Å². The van der Waals surface area contributed by atoms with Crippen LogP contribution in [0.4, 0.5) is 0 Å². The molecule has 0 aliphatic rings. The molecule has 7 heteroatoms. The molecule has 3 aromatic rings. The molecule has 0 unspecified atom stereocenters. The lowest BCUT2D eigenvalue weighted by Gasteiger charge is -2.19. The van der Waals surface area contributed by atoms with E-state index in [4.69, 9.17) is 10.00 Å². The maximum Gasteiger partial charge on any atom is 0.331 e. The van der Waals surface area contributed by atoms with Gasteiger partial charge in [-0.15, -0.1) is 0 Å². The van der Waals surface area contributed by atoms with Gasteiger partial charge in [-0.2, -0.15) is 5.26 Å². The molecule has 0 bridgehead atoms. The van der Waals surface area contributed by atoms with Crippen LogP contribution in [0.3, 0.4) is 0 Å². The second kappa shape index (κ2) is 9.26.